The van der Waals surface area contributed by atoms with Crippen molar-refractivity contribution in [1.82, 2.24) is 4.31 Å². The summed E-state index contributed by atoms with van der Waals surface area (Å²) in [5, 5.41) is 3.05. The number of anilines is 1. The number of sulfonamides is 1. The lowest BCUT2D eigenvalue weighted by Crippen LogP contribution is -2.43. The Labute approximate surface area is 161 Å². The minimum atomic E-state index is -3.57. The van der Waals surface area contributed by atoms with Crippen molar-refractivity contribution in [2.45, 2.75) is 38.0 Å². The molecular formula is C21H26N2O3S. The van der Waals surface area contributed by atoms with Gasteiger partial charge in [0.25, 0.3) is 0 Å². The Balaban J connectivity index is 1.76. The fraction of sp³-hybridized carbons (Fsp3) is 0.381. The molecule has 1 amide bonds. The van der Waals surface area contributed by atoms with Crippen LogP contribution in [0.3, 0.4) is 0 Å². The summed E-state index contributed by atoms with van der Waals surface area (Å²) in [6.45, 7) is 4.70. The third-order valence-electron chi connectivity index (χ3n) is 5.12. The number of para-hydroxylation sites is 1. The van der Waals surface area contributed by atoms with Crippen LogP contribution in [0.25, 0.3) is 0 Å². The van der Waals surface area contributed by atoms with Crippen molar-refractivity contribution in [3.63, 3.8) is 0 Å². The molecule has 2 aromatic carbocycles. The molecule has 1 saturated heterocycles. The van der Waals surface area contributed by atoms with E-state index in [1.807, 2.05) is 25.1 Å². The average Bonchev–Trinajstić information content (AvgIpc) is 2.70. The zero-order chi connectivity index (χ0) is 19.4. The summed E-state index contributed by atoms with van der Waals surface area (Å²) in [6.07, 6.45) is 2.20. The Morgan fingerprint density at radius 2 is 1.89 bits per heavy atom. The van der Waals surface area contributed by atoms with Crippen molar-refractivity contribution in [3.05, 3.63) is 59.7 Å². The monoisotopic (exact) mass is 386 g/mol. The van der Waals surface area contributed by atoms with Gasteiger partial charge in [-0.25, -0.2) is 8.42 Å². The fourth-order valence-corrected chi connectivity index (χ4v) is 5.09. The number of nitrogens with zero attached hydrogens (tertiary/aromatic N) is 1. The number of hydrogen-bond donors (Lipinski definition) is 1. The molecule has 1 aliphatic heterocycles. The van der Waals surface area contributed by atoms with Crippen LogP contribution in [-0.2, 0) is 21.2 Å². The quantitative estimate of drug-likeness (QED) is 0.854. The third kappa shape index (κ3) is 4.22. The molecule has 6 heteroatoms. The van der Waals surface area contributed by atoms with Crippen molar-refractivity contribution >= 4 is 21.6 Å². The molecule has 3 rings (SSSR count). The van der Waals surface area contributed by atoms with Crippen LogP contribution in [0.2, 0.25) is 0 Å². The van der Waals surface area contributed by atoms with E-state index in [0.717, 1.165) is 23.2 Å². The first-order valence-electron chi connectivity index (χ1n) is 9.38. The molecule has 0 aromatic heterocycles. The topological polar surface area (TPSA) is 66.5 Å². The second-order valence-electron chi connectivity index (χ2n) is 6.97. The third-order valence-corrected chi connectivity index (χ3v) is 7.00. The van der Waals surface area contributed by atoms with Crippen LogP contribution >= 0.6 is 0 Å². The number of aryl methyl sites for hydroxylation is 2. The molecule has 1 N–H and O–H groups in total. The largest absolute Gasteiger partial charge is 0.325 e. The lowest BCUT2D eigenvalue weighted by atomic mass is 9.98. The van der Waals surface area contributed by atoms with Crippen molar-refractivity contribution in [2.24, 2.45) is 5.92 Å². The van der Waals surface area contributed by atoms with Crippen molar-refractivity contribution in [3.8, 4) is 0 Å². The highest BCUT2D eigenvalue weighted by atomic mass is 32.2. The van der Waals surface area contributed by atoms with E-state index < -0.39 is 10.0 Å². The first kappa shape index (κ1) is 19.6. The zero-order valence-corrected chi connectivity index (χ0v) is 16.6. The summed E-state index contributed by atoms with van der Waals surface area (Å²) in [7, 11) is -3.57. The van der Waals surface area contributed by atoms with Gasteiger partial charge >= 0.3 is 0 Å². The van der Waals surface area contributed by atoms with E-state index in [1.54, 1.807) is 30.3 Å². The van der Waals surface area contributed by atoms with E-state index in [1.165, 1.54) is 4.31 Å². The van der Waals surface area contributed by atoms with Gasteiger partial charge in [-0.05, 0) is 49.4 Å². The summed E-state index contributed by atoms with van der Waals surface area (Å²) in [5.74, 6) is -0.450. The lowest BCUT2D eigenvalue weighted by molar-refractivity contribution is -0.120. The molecular weight excluding hydrogens is 360 g/mol. The van der Waals surface area contributed by atoms with Crippen LogP contribution in [0, 0.1) is 12.8 Å². The van der Waals surface area contributed by atoms with E-state index in [0.29, 0.717) is 19.4 Å². The molecule has 0 radical (unpaired) electrons. The molecule has 1 atom stereocenters. The molecule has 0 saturated carbocycles. The molecule has 1 aliphatic rings. The summed E-state index contributed by atoms with van der Waals surface area (Å²) >= 11 is 0. The molecule has 5 nitrogen and oxygen atoms in total. The molecule has 144 valence electrons. The van der Waals surface area contributed by atoms with Gasteiger partial charge in [0.1, 0.15) is 0 Å². The van der Waals surface area contributed by atoms with E-state index in [4.69, 9.17) is 0 Å². The maximum Gasteiger partial charge on any atom is 0.243 e. The minimum absolute atomic E-state index is 0.105. The van der Waals surface area contributed by atoms with Gasteiger partial charge in [0.15, 0.2) is 0 Å². The standard InChI is InChI=1S/C21H26N2O3S/c1-3-17-10-7-9-16(2)20(17)22-21(24)18-11-8-14-23(15-18)27(25,26)19-12-5-4-6-13-19/h4-7,9-10,12-13,18H,3,8,11,14-15H2,1-2H3,(H,22,24)/t18-/m1/s1. The number of nitrogens with one attached hydrogen (secondary N) is 1. The van der Waals surface area contributed by atoms with Crippen LogP contribution < -0.4 is 5.32 Å². The van der Waals surface area contributed by atoms with Crippen LogP contribution in [0.4, 0.5) is 5.69 Å². The molecule has 2 aromatic rings. The maximum absolute atomic E-state index is 12.9. The lowest BCUT2D eigenvalue weighted by Gasteiger charge is -2.31. The smallest absolute Gasteiger partial charge is 0.243 e. The number of rotatable bonds is 5. The molecule has 0 unspecified atom stereocenters. The minimum Gasteiger partial charge on any atom is -0.325 e. The summed E-state index contributed by atoms with van der Waals surface area (Å²) < 4.78 is 27.2. The molecule has 0 aliphatic carbocycles. The first-order chi connectivity index (χ1) is 12.9. The number of carbonyl (C=O) groups excluding carboxylic acids is 1. The van der Waals surface area contributed by atoms with E-state index >= 15 is 0 Å². The molecule has 1 fully saturated rings. The van der Waals surface area contributed by atoms with Crippen molar-refractivity contribution in [2.75, 3.05) is 18.4 Å². The van der Waals surface area contributed by atoms with Crippen LogP contribution in [0.1, 0.15) is 30.9 Å². The van der Waals surface area contributed by atoms with Gasteiger partial charge in [-0.2, -0.15) is 4.31 Å². The predicted octanol–water partition coefficient (Wildman–Crippen LogP) is 3.60. The first-order valence-corrected chi connectivity index (χ1v) is 10.8. The maximum atomic E-state index is 12.9. The fourth-order valence-electron chi connectivity index (χ4n) is 3.54. The molecule has 1 heterocycles. The Morgan fingerprint density at radius 1 is 1.15 bits per heavy atom. The van der Waals surface area contributed by atoms with Crippen LogP contribution in [0.15, 0.2) is 53.4 Å². The SMILES string of the molecule is CCc1cccc(C)c1NC(=O)[C@@H]1CCCN(S(=O)(=O)c2ccccc2)C1. The van der Waals surface area contributed by atoms with Crippen molar-refractivity contribution in [1.29, 1.82) is 0 Å². The predicted molar refractivity (Wildman–Crippen MR) is 107 cm³/mol. The summed E-state index contributed by atoms with van der Waals surface area (Å²) in [4.78, 5) is 13.1. The number of hydrogen-bond acceptors (Lipinski definition) is 3. The van der Waals surface area contributed by atoms with Gasteiger partial charge < -0.3 is 5.32 Å². The van der Waals surface area contributed by atoms with E-state index in [9.17, 15) is 13.2 Å². The van der Waals surface area contributed by atoms with Crippen LogP contribution in [0.5, 0.6) is 0 Å². The Kier molecular flexibility index (Phi) is 5.97. The number of benzene rings is 2. The highest BCUT2D eigenvalue weighted by Gasteiger charge is 2.33. The molecule has 27 heavy (non-hydrogen) atoms. The van der Waals surface area contributed by atoms with Gasteiger partial charge in [-0.3, -0.25) is 4.79 Å². The van der Waals surface area contributed by atoms with Gasteiger partial charge in [0, 0.05) is 18.8 Å². The van der Waals surface area contributed by atoms with Gasteiger partial charge in [0.05, 0.1) is 10.8 Å². The highest BCUT2D eigenvalue weighted by molar-refractivity contribution is 7.89. The normalized spacial score (nSPS) is 18.2. The van der Waals surface area contributed by atoms with E-state index in [2.05, 4.69) is 12.2 Å². The summed E-state index contributed by atoms with van der Waals surface area (Å²) in [6, 6.07) is 14.4. The second-order valence-corrected chi connectivity index (χ2v) is 8.91. The number of amides is 1. The zero-order valence-electron chi connectivity index (χ0n) is 15.8. The van der Waals surface area contributed by atoms with Crippen LogP contribution in [-0.4, -0.2) is 31.7 Å². The Morgan fingerprint density at radius 3 is 2.59 bits per heavy atom. The second kappa shape index (κ2) is 8.23. The number of carbonyl (C=O) groups is 1. The summed E-state index contributed by atoms with van der Waals surface area (Å²) in [5.41, 5.74) is 2.97. The van der Waals surface area contributed by atoms with E-state index in [-0.39, 0.29) is 23.3 Å². The Hall–Kier alpha value is -2.18. The average molecular weight is 387 g/mol. The van der Waals surface area contributed by atoms with Crippen molar-refractivity contribution < 1.29 is 13.2 Å². The number of piperidine rings is 1. The molecule has 0 spiro atoms. The Bertz CT molecular complexity index is 910. The highest BCUT2D eigenvalue weighted by Crippen LogP contribution is 2.26. The van der Waals surface area contributed by atoms with Gasteiger partial charge in [-0.1, -0.05) is 43.3 Å². The van der Waals surface area contributed by atoms with Gasteiger partial charge in [-0.15, -0.1) is 0 Å². The van der Waals surface area contributed by atoms with Gasteiger partial charge in [0.2, 0.25) is 15.9 Å². The molecule has 0 bridgehead atoms.